The van der Waals surface area contributed by atoms with Gasteiger partial charge in [0.2, 0.25) is 11.8 Å². The predicted molar refractivity (Wildman–Crippen MR) is 78.3 cm³/mol. The number of nitrogens with one attached hydrogen (secondary N) is 2. The molecule has 5 nitrogen and oxygen atoms in total. The lowest BCUT2D eigenvalue weighted by atomic mass is 10.1. The van der Waals surface area contributed by atoms with Crippen LogP contribution in [0.1, 0.15) is 15.9 Å². The van der Waals surface area contributed by atoms with Crippen molar-refractivity contribution in [2.75, 3.05) is 11.6 Å². The maximum absolute atomic E-state index is 11.8. The Balaban J connectivity index is 0.00000180. The molecule has 1 atom stereocenters. The molecule has 1 fully saturated rings. The van der Waals surface area contributed by atoms with Gasteiger partial charge in [0.15, 0.2) is 0 Å². The van der Waals surface area contributed by atoms with Crippen molar-refractivity contribution in [1.29, 1.82) is 0 Å². The molecule has 1 saturated heterocycles. The van der Waals surface area contributed by atoms with Gasteiger partial charge >= 0.3 is 0 Å². The standard InChI is InChI=1S/C12H15N3O2S.ClH/c13-11(16)9-3-1-2-8(4-9)5-14-12(17)10-6-18-7-15-10;/h1-4,10,15H,5-7H2,(H2,13,16)(H,14,17);1H. The maximum Gasteiger partial charge on any atom is 0.248 e. The Morgan fingerprint density at radius 1 is 1.47 bits per heavy atom. The van der Waals surface area contributed by atoms with Gasteiger partial charge in [-0.2, -0.15) is 0 Å². The second-order valence-corrected chi connectivity index (χ2v) is 5.08. The van der Waals surface area contributed by atoms with Gasteiger partial charge in [-0.05, 0) is 17.7 Å². The van der Waals surface area contributed by atoms with Crippen molar-refractivity contribution in [3.05, 3.63) is 35.4 Å². The van der Waals surface area contributed by atoms with Crippen LogP contribution < -0.4 is 16.4 Å². The number of nitrogens with two attached hydrogens (primary N) is 1. The summed E-state index contributed by atoms with van der Waals surface area (Å²) in [7, 11) is 0. The van der Waals surface area contributed by atoms with Gasteiger partial charge < -0.3 is 11.1 Å². The van der Waals surface area contributed by atoms with Gasteiger partial charge in [-0.25, -0.2) is 0 Å². The molecule has 1 heterocycles. The summed E-state index contributed by atoms with van der Waals surface area (Å²) in [4.78, 5) is 22.8. The van der Waals surface area contributed by atoms with E-state index in [4.69, 9.17) is 5.73 Å². The van der Waals surface area contributed by atoms with Gasteiger partial charge in [0.1, 0.15) is 0 Å². The first kappa shape index (κ1) is 15.8. The monoisotopic (exact) mass is 301 g/mol. The minimum atomic E-state index is -0.461. The number of amides is 2. The van der Waals surface area contributed by atoms with Crippen molar-refractivity contribution in [3.8, 4) is 0 Å². The molecule has 0 aliphatic carbocycles. The third-order valence-electron chi connectivity index (χ3n) is 2.71. The lowest BCUT2D eigenvalue weighted by molar-refractivity contribution is -0.122. The van der Waals surface area contributed by atoms with Crippen LogP contribution in [-0.4, -0.2) is 29.5 Å². The number of rotatable bonds is 4. The van der Waals surface area contributed by atoms with Gasteiger partial charge in [0, 0.05) is 23.7 Å². The molecule has 19 heavy (non-hydrogen) atoms. The fourth-order valence-electron chi connectivity index (χ4n) is 1.71. The van der Waals surface area contributed by atoms with Crippen LogP contribution in [0.4, 0.5) is 0 Å². The number of hydrogen-bond acceptors (Lipinski definition) is 4. The quantitative estimate of drug-likeness (QED) is 0.755. The molecule has 1 aliphatic heterocycles. The fourth-order valence-corrected chi connectivity index (χ4v) is 2.65. The first-order chi connectivity index (χ1) is 8.66. The summed E-state index contributed by atoms with van der Waals surface area (Å²) in [5, 5.41) is 5.94. The summed E-state index contributed by atoms with van der Waals surface area (Å²) >= 11 is 1.71. The highest BCUT2D eigenvalue weighted by molar-refractivity contribution is 7.99. The number of primary amides is 1. The van der Waals surface area contributed by atoms with Crippen LogP contribution in [0.3, 0.4) is 0 Å². The Kier molecular flexibility index (Phi) is 6.14. The largest absolute Gasteiger partial charge is 0.366 e. The molecule has 0 saturated carbocycles. The summed E-state index contributed by atoms with van der Waals surface area (Å²) in [5.41, 5.74) is 6.52. The number of carbonyl (C=O) groups is 2. The van der Waals surface area contributed by atoms with Crippen LogP contribution in [-0.2, 0) is 11.3 Å². The third-order valence-corrected chi connectivity index (χ3v) is 3.65. The SMILES string of the molecule is Cl.NC(=O)c1cccc(CNC(=O)C2CSCN2)c1. The van der Waals surface area contributed by atoms with E-state index in [0.29, 0.717) is 12.1 Å². The molecular formula is C12H16ClN3O2S. The normalized spacial score (nSPS) is 17.6. The summed E-state index contributed by atoms with van der Waals surface area (Å²) in [6, 6.07) is 6.84. The summed E-state index contributed by atoms with van der Waals surface area (Å²) < 4.78 is 0. The van der Waals surface area contributed by atoms with Crippen molar-refractivity contribution in [3.63, 3.8) is 0 Å². The summed E-state index contributed by atoms with van der Waals surface area (Å²) in [5.74, 6) is 1.14. The third kappa shape index (κ3) is 4.41. The van der Waals surface area contributed by atoms with E-state index in [1.807, 2.05) is 6.07 Å². The molecule has 0 bridgehead atoms. The second-order valence-electron chi connectivity index (χ2n) is 4.05. The number of hydrogen-bond donors (Lipinski definition) is 3. The topological polar surface area (TPSA) is 84.2 Å². The van der Waals surface area contributed by atoms with Crippen molar-refractivity contribution < 1.29 is 9.59 Å². The molecule has 104 valence electrons. The number of halogens is 1. The van der Waals surface area contributed by atoms with Crippen LogP contribution in [0.25, 0.3) is 0 Å². The van der Waals surface area contributed by atoms with Gasteiger partial charge in [-0.3, -0.25) is 14.9 Å². The van der Waals surface area contributed by atoms with Gasteiger partial charge in [0.05, 0.1) is 6.04 Å². The molecule has 1 aromatic rings. The minimum Gasteiger partial charge on any atom is -0.366 e. The Bertz CT molecular complexity index is 464. The van der Waals surface area contributed by atoms with Crippen molar-refractivity contribution in [2.24, 2.45) is 5.73 Å². The molecule has 0 spiro atoms. The number of benzene rings is 1. The smallest absolute Gasteiger partial charge is 0.248 e. The lowest BCUT2D eigenvalue weighted by Gasteiger charge is -2.10. The van der Waals surface area contributed by atoms with Crippen LogP contribution in [0.5, 0.6) is 0 Å². The first-order valence-corrected chi connectivity index (χ1v) is 6.80. The number of thioether (sulfide) groups is 1. The Hall–Kier alpha value is -1.24. The van der Waals surface area contributed by atoms with Crippen molar-refractivity contribution in [2.45, 2.75) is 12.6 Å². The highest BCUT2D eigenvalue weighted by Crippen LogP contribution is 2.10. The summed E-state index contributed by atoms with van der Waals surface area (Å²) in [6.45, 7) is 0.406. The van der Waals surface area contributed by atoms with Gasteiger partial charge in [-0.1, -0.05) is 12.1 Å². The van der Waals surface area contributed by atoms with Crippen LogP contribution in [0.2, 0.25) is 0 Å². The van der Waals surface area contributed by atoms with E-state index in [9.17, 15) is 9.59 Å². The zero-order chi connectivity index (χ0) is 13.0. The van der Waals surface area contributed by atoms with Gasteiger partial charge in [-0.15, -0.1) is 24.2 Å². The molecule has 2 amide bonds. The molecule has 4 N–H and O–H groups in total. The second kappa shape index (κ2) is 7.37. The molecule has 0 radical (unpaired) electrons. The molecule has 1 aliphatic rings. The maximum atomic E-state index is 11.8. The average molecular weight is 302 g/mol. The first-order valence-electron chi connectivity index (χ1n) is 5.64. The highest BCUT2D eigenvalue weighted by atomic mass is 35.5. The van der Waals surface area contributed by atoms with E-state index in [0.717, 1.165) is 17.2 Å². The van der Waals surface area contributed by atoms with E-state index in [-0.39, 0.29) is 24.4 Å². The van der Waals surface area contributed by atoms with E-state index < -0.39 is 5.91 Å². The summed E-state index contributed by atoms with van der Waals surface area (Å²) in [6.07, 6.45) is 0. The van der Waals surface area contributed by atoms with Crippen molar-refractivity contribution >= 4 is 36.0 Å². The van der Waals surface area contributed by atoms with Crippen LogP contribution in [0.15, 0.2) is 24.3 Å². The molecule has 2 rings (SSSR count). The van der Waals surface area contributed by atoms with Crippen LogP contribution >= 0.6 is 24.2 Å². The lowest BCUT2D eigenvalue weighted by Crippen LogP contribution is -2.41. The zero-order valence-corrected chi connectivity index (χ0v) is 11.9. The van der Waals surface area contributed by atoms with E-state index in [1.165, 1.54) is 0 Å². The molecule has 0 aromatic heterocycles. The number of carbonyl (C=O) groups excluding carboxylic acids is 2. The molecule has 1 unspecified atom stereocenters. The Morgan fingerprint density at radius 2 is 2.26 bits per heavy atom. The fraction of sp³-hybridized carbons (Fsp3) is 0.333. The molecule has 1 aromatic carbocycles. The molecular weight excluding hydrogens is 286 g/mol. The minimum absolute atomic E-state index is 0. The van der Waals surface area contributed by atoms with Crippen molar-refractivity contribution in [1.82, 2.24) is 10.6 Å². The zero-order valence-electron chi connectivity index (χ0n) is 10.2. The van der Waals surface area contributed by atoms with E-state index >= 15 is 0 Å². The Labute approximate surface area is 122 Å². The van der Waals surface area contributed by atoms with E-state index in [2.05, 4.69) is 10.6 Å². The van der Waals surface area contributed by atoms with E-state index in [1.54, 1.807) is 30.0 Å². The molecule has 7 heteroatoms. The van der Waals surface area contributed by atoms with Crippen LogP contribution in [0, 0.1) is 0 Å². The Morgan fingerprint density at radius 3 is 2.89 bits per heavy atom. The highest BCUT2D eigenvalue weighted by Gasteiger charge is 2.21. The van der Waals surface area contributed by atoms with Gasteiger partial charge in [0.25, 0.3) is 0 Å². The average Bonchev–Trinajstić information content (AvgIpc) is 2.90. The predicted octanol–water partition coefficient (Wildman–Crippen LogP) is 0.486.